The number of carbonyl (C=O) groups excluding carboxylic acids is 1. The van der Waals surface area contributed by atoms with Gasteiger partial charge in [-0.15, -0.1) is 4.91 Å². The smallest absolute Gasteiger partial charge is 0.361 e. The summed E-state index contributed by atoms with van der Waals surface area (Å²) in [5, 5.41) is 2.84. The highest BCUT2D eigenvalue weighted by Gasteiger charge is 2.20. The number of rotatable bonds is 3. The van der Waals surface area contributed by atoms with Crippen molar-refractivity contribution in [2.75, 3.05) is 6.61 Å². The molecule has 0 atom stereocenters. The summed E-state index contributed by atoms with van der Waals surface area (Å²) in [6, 6.07) is 3.57. The highest BCUT2D eigenvalue weighted by molar-refractivity contribution is 5.93. The number of aryl methyl sites for hydroxylation is 1. The van der Waals surface area contributed by atoms with E-state index in [4.69, 9.17) is 4.74 Å². The number of hydrogen-bond donors (Lipinski definition) is 0. The zero-order valence-electron chi connectivity index (χ0n) is 9.51. The summed E-state index contributed by atoms with van der Waals surface area (Å²) < 4.78 is 6.28. The Bertz CT molecular complexity index is 589. The van der Waals surface area contributed by atoms with Gasteiger partial charge in [0.05, 0.1) is 6.61 Å². The van der Waals surface area contributed by atoms with Crippen LogP contribution < -0.4 is 0 Å². The second kappa shape index (κ2) is 4.32. The van der Waals surface area contributed by atoms with Crippen LogP contribution in [0.2, 0.25) is 0 Å². The predicted molar refractivity (Wildman–Crippen MR) is 61.3 cm³/mol. The van der Waals surface area contributed by atoms with E-state index in [-0.39, 0.29) is 18.1 Å². The first-order valence-corrected chi connectivity index (χ1v) is 5.16. The van der Waals surface area contributed by atoms with Gasteiger partial charge in [0.2, 0.25) is 5.82 Å². The quantitative estimate of drug-likeness (QED) is 0.601. The number of nitrogens with zero attached hydrogens (tertiary/aromatic N) is 3. The largest absolute Gasteiger partial charge is 0.461 e. The van der Waals surface area contributed by atoms with Crippen LogP contribution in [0.15, 0.2) is 23.5 Å². The highest BCUT2D eigenvalue weighted by Crippen LogP contribution is 2.22. The molecule has 0 unspecified atom stereocenters. The molecule has 88 valence electrons. The lowest BCUT2D eigenvalue weighted by Crippen LogP contribution is -2.05. The van der Waals surface area contributed by atoms with Crippen LogP contribution in [0.5, 0.6) is 0 Å². The fourth-order valence-corrected chi connectivity index (χ4v) is 1.56. The normalized spacial score (nSPS) is 10.5. The third-order valence-corrected chi connectivity index (χ3v) is 2.31. The van der Waals surface area contributed by atoms with Crippen molar-refractivity contribution >= 4 is 17.4 Å². The molecule has 0 bridgehead atoms. The molecule has 6 heteroatoms. The average Bonchev–Trinajstić information content (AvgIpc) is 2.66. The van der Waals surface area contributed by atoms with Gasteiger partial charge in [-0.1, -0.05) is 0 Å². The highest BCUT2D eigenvalue weighted by atomic mass is 16.5. The van der Waals surface area contributed by atoms with E-state index in [1.54, 1.807) is 25.3 Å². The molecule has 0 saturated heterocycles. The number of pyridine rings is 1. The maximum atomic E-state index is 11.6. The number of carbonyl (C=O) groups is 1. The summed E-state index contributed by atoms with van der Waals surface area (Å²) in [5.41, 5.74) is 1.44. The Kier molecular flexibility index (Phi) is 2.86. The summed E-state index contributed by atoms with van der Waals surface area (Å²) in [7, 11) is 0. The molecule has 0 spiro atoms. The van der Waals surface area contributed by atoms with Crippen LogP contribution in [0, 0.1) is 11.8 Å². The van der Waals surface area contributed by atoms with Gasteiger partial charge in [-0.25, -0.2) is 9.78 Å². The summed E-state index contributed by atoms with van der Waals surface area (Å²) in [6.07, 6.45) is 1.65. The average molecular weight is 233 g/mol. The van der Waals surface area contributed by atoms with E-state index in [0.717, 1.165) is 5.56 Å². The number of aromatic nitrogens is 2. The Labute approximate surface area is 97.2 Å². The van der Waals surface area contributed by atoms with Gasteiger partial charge in [0, 0.05) is 6.20 Å². The molecule has 0 saturated carbocycles. The zero-order valence-corrected chi connectivity index (χ0v) is 9.51. The van der Waals surface area contributed by atoms with Crippen LogP contribution in [-0.2, 0) is 4.74 Å². The molecule has 6 nitrogen and oxygen atoms in total. The van der Waals surface area contributed by atoms with Gasteiger partial charge in [0.15, 0.2) is 5.69 Å². The summed E-state index contributed by atoms with van der Waals surface area (Å²) >= 11 is 0. The van der Waals surface area contributed by atoms with E-state index >= 15 is 0 Å². The third-order valence-electron chi connectivity index (χ3n) is 2.31. The van der Waals surface area contributed by atoms with Crippen molar-refractivity contribution in [3.05, 3.63) is 34.5 Å². The first-order valence-electron chi connectivity index (χ1n) is 5.16. The molecule has 0 aromatic carbocycles. The van der Waals surface area contributed by atoms with Gasteiger partial charge in [-0.05, 0) is 36.7 Å². The van der Waals surface area contributed by atoms with Gasteiger partial charge in [0.25, 0.3) is 0 Å². The molecule has 0 aliphatic carbocycles. The second-order valence-corrected chi connectivity index (χ2v) is 3.53. The van der Waals surface area contributed by atoms with Crippen LogP contribution >= 0.6 is 0 Å². The van der Waals surface area contributed by atoms with Crippen molar-refractivity contribution in [3.8, 4) is 0 Å². The minimum Gasteiger partial charge on any atom is -0.461 e. The number of hydrogen-bond acceptors (Lipinski definition) is 5. The Balaban J connectivity index is 2.63. The molecule has 0 radical (unpaired) electrons. The Hall–Kier alpha value is -2.24. The fraction of sp³-hybridized carbons (Fsp3) is 0.273. The molecule has 2 heterocycles. The first-order chi connectivity index (χ1) is 8.17. The summed E-state index contributed by atoms with van der Waals surface area (Å²) in [6.45, 7) is 3.81. The van der Waals surface area contributed by atoms with E-state index in [1.165, 1.54) is 4.40 Å². The molecule has 2 rings (SSSR count). The molecular weight excluding hydrogens is 222 g/mol. The molecule has 0 aliphatic rings. The zero-order chi connectivity index (χ0) is 12.4. The van der Waals surface area contributed by atoms with Crippen LogP contribution in [-0.4, -0.2) is 22.0 Å². The number of fused-ring (bicyclic) bond motifs is 1. The first kappa shape index (κ1) is 11.3. The number of esters is 1. The molecule has 17 heavy (non-hydrogen) atoms. The standard InChI is InChI=1S/C11H11N3O3/c1-3-17-11(15)9-10(13-16)14-5-4-7(2)6-8(14)12-9/h4-6H,3H2,1-2H3. The summed E-state index contributed by atoms with van der Waals surface area (Å²) in [5.74, 6) is -0.665. The second-order valence-electron chi connectivity index (χ2n) is 3.53. The Morgan fingerprint density at radius 3 is 3.00 bits per heavy atom. The molecular formula is C11H11N3O3. The number of ether oxygens (including phenoxy) is 1. The van der Waals surface area contributed by atoms with E-state index in [2.05, 4.69) is 10.2 Å². The van der Waals surface area contributed by atoms with Crippen molar-refractivity contribution in [2.45, 2.75) is 13.8 Å². The van der Waals surface area contributed by atoms with E-state index < -0.39 is 5.97 Å². The Morgan fingerprint density at radius 2 is 2.35 bits per heavy atom. The van der Waals surface area contributed by atoms with Crippen molar-refractivity contribution in [1.82, 2.24) is 9.38 Å². The molecule has 2 aromatic rings. The van der Waals surface area contributed by atoms with Crippen molar-refractivity contribution in [2.24, 2.45) is 5.18 Å². The van der Waals surface area contributed by atoms with Crippen molar-refractivity contribution in [3.63, 3.8) is 0 Å². The summed E-state index contributed by atoms with van der Waals surface area (Å²) in [4.78, 5) is 26.4. The molecule has 0 amide bonds. The van der Waals surface area contributed by atoms with E-state index in [1.807, 2.05) is 6.92 Å². The maximum absolute atomic E-state index is 11.6. The van der Waals surface area contributed by atoms with Gasteiger partial charge < -0.3 is 4.74 Å². The molecule has 0 aliphatic heterocycles. The van der Waals surface area contributed by atoms with Gasteiger partial charge in [-0.2, -0.15) is 0 Å². The fourth-order valence-electron chi connectivity index (χ4n) is 1.56. The van der Waals surface area contributed by atoms with Gasteiger partial charge >= 0.3 is 5.97 Å². The van der Waals surface area contributed by atoms with Gasteiger partial charge in [0.1, 0.15) is 5.65 Å². The van der Waals surface area contributed by atoms with Crippen molar-refractivity contribution < 1.29 is 9.53 Å². The topological polar surface area (TPSA) is 73.0 Å². The monoisotopic (exact) mass is 233 g/mol. The minimum atomic E-state index is -0.636. The number of imidazole rings is 1. The minimum absolute atomic E-state index is 0.0292. The van der Waals surface area contributed by atoms with Crippen LogP contribution in [0.1, 0.15) is 23.0 Å². The maximum Gasteiger partial charge on any atom is 0.361 e. The SMILES string of the molecule is CCOC(=O)c1nc2cc(C)ccn2c1N=O. The lowest BCUT2D eigenvalue weighted by molar-refractivity contribution is 0.0521. The number of nitroso groups, excluding NO2 is 1. The van der Waals surface area contributed by atoms with Crippen LogP contribution in [0.4, 0.5) is 5.82 Å². The predicted octanol–water partition coefficient (Wildman–Crippen LogP) is 2.22. The Morgan fingerprint density at radius 1 is 1.59 bits per heavy atom. The van der Waals surface area contributed by atoms with E-state index in [0.29, 0.717) is 5.65 Å². The molecule has 0 fully saturated rings. The lowest BCUT2D eigenvalue weighted by atomic mass is 10.3. The third kappa shape index (κ3) is 1.89. The van der Waals surface area contributed by atoms with Gasteiger partial charge in [-0.3, -0.25) is 4.40 Å². The van der Waals surface area contributed by atoms with Crippen LogP contribution in [0.3, 0.4) is 0 Å². The van der Waals surface area contributed by atoms with E-state index in [9.17, 15) is 9.70 Å². The van der Waals surface area contributed by atoms with Crippen molar-refractivity contribution in [1.29, 1.82) is 0 Å². The molecule has 0 N–H and O–H groups in total. The van der Waals surface area contributed by atoms with Crippen LogP contribution in [0.25, 0.3) is 5.65 Å². The lowest BCUT2D eigenvalue weighted by Gasteiger charge is -1.97. The molecule has 2 aromatic heterocycles.